The summed E-state index contributed by atoms with van der Waals surface area (Å²) in [6.45, 7) is 0.125. The second kappa shape index (κ2) is 6.25. The molecule has 0 unspecified atom stereocenters. The van der Waals surface area contributed by atoms with Crippen molar-refractivity contribution in [3.05, 3.63) is 0 Å². The summed E-state index contributed by atoms with van der Waals surface area (Å²) in [7, 11) is 1.59. The topological polar surface area (TPSA) is 113 Å². The zero-order valence-electron chi connectivity index (χ0n) is 7.46. The molecule has 0 aliphatic heterocycles. The molecule has 13 heavy (non-hydrogen) atoms. The Hall–Kier alpha value is -0.240. The van der Waals surface area contributed by atoms with E-state index in [0.29, 0.717) is 0 Å². The van der Waals surface area contributed by atoms with E-state index in [1.807, 2.05) is 0 Å². The van der Waals surface area contributed by atoms with Gasteiger partial charge in [0.2, 0.25) is 0 Å². The maximum Gasteiger partial charge on any atom is 0.154 e. The van der Waals surface area contributed by atoms with Crippen LogP contribution in [0.25, 0.3) is 0 Å². The van der Waals surface area contributed by atoms with Gasteiger partial charge in [0.1, 0.15) is 6.10 Å². The van der Waals surface area contributed by atoms with Crippen molar-refractivity contribution in [2.24, 2.45) is 0 Å². The molecule has 0 aliphatic rings. The first-order chi connectivity index (χ1) is 5.99. The van der Waals surface area contributed by atoms with Gasteiger partial charge in [-0.05, 0) is 7.05 Å². The van der Waals surface area contributed by atoms with Crippen LogP contribution >= 0.6 is 0 Å². The lowest BCUT2D eigenvalue weighted by Gasteiger charge is -2.23. The number of likely N-dealkylation sites (N-methyl/N-ethyl adjacent to an activating group) is 1. The van der Waals surface area contributed by atoms with Gasteiger partial charge in [0.05, 0.1) is 12.2 Å². The molecule has 80 valence electrons. The van der Waals surface area contributed by atoms with E-state index in [4.69, 9.17) is 20.4 Å². The Labute approximate surface area is 76.4 Å². The van der Waals surface area contributed by atoms with Gasteiger partial charge in [-0.1, -0.05) is 0 Å². The average molecular weight is 195 g/mol. The number of aliphatic hydroxyl groups excluding tert-OH is 4. The minimum atomic E-state index is -1.69. The number of rotatable bonds is 6. The zero-order valence-corrected chi connectivity index (χ0v) is 7.46. The predicted molar refractivity (Wildman–Crippen MR) is 44.8 cm³/mol. The van der Waals surface area contributed by atoms with Crippen molar-refractivity contribution >= 4 is 0 Å². The Morgan fingerprint density at radius 2 is 1.54 bits per heavy atom. The van der Waals surface area contributed by atoms with Gasteiger partial charge in [-0.3, -0.25) is 0 Å². The largest absolute Gasteiger partial charge is 0.390 e. The summed E-state index contributed by atoms with van der Waals surface area (Å²) in [5.74, 6) is 0. The highest BCUT2D eigenvalue weighted by Gasteiger charge is 2.25. The Kier molecular flexibility index (Phi) is 6.13. The first-order valence-electron chi connectivity index (χ1n) is 4.04. The van der Waals surface area contributed by atoms with Gasteiger partial charge in [-0.15, -0.1) is 0 Å². The molecule has 6 nitrogen and oxygen atoms in total. The lowest BCUT2D eigenvalue weighted by molar-refractivity contribution is -0.113. The molecule has 0 aromatic heterocycles. The van der Waals surface area contributed by atoms with Crippen LogP contribution in [0.4, 0.5) is 0 Å². The number of hydrogen-bond donors (Lipinski definition) is 6. The quantitative estimate of drug-likeness (QED) is 0.252. The van der Waals surface area contributed by atoms with E-state index in [9.17, 15) is 5.11 Å². The monoisotopic (exact) mass is 195 g/mol. The third-order valence-corrected chi connectivity index (χ3v) is 1.65. The molecule has 0 fully saturated rings. The second-order valence-electron chi connectivity index (χ2n) is 2.90. The molecule has 6 heteroatoms. The van der Waals surface area contributed by atoms with Crippen LogP contribution in [0.5, 0.6) is 0 Å². The average Bonchev–Trinajstić information content (AvgIpc) is 2.02. The van der Waals surface area contributed by atoms with Gasteiger partial charge in [-0.25, -0.2) is 0 Å². The predicted octanol–water partition coefficient (Wildman–Crippen LogP) is -3.01. The molecule has 0 rings (SSSR count). The summed E-state index contributed by atoms with van der Waals surface area (Å²) in [4.78, 5) is 0. The molecule has 0 amide bonds. The van der Waals surface area contributed by atoms with Crippen molar-refractivity contribution < 1.29 is 25.5 Å². The fourth-order valence-electron chi connectivity index (χ4n) is 0.942. The second-order valence-corrected chi connectivity index (χ2v) is 2.90. The molecule has 0 bridgehead atoms. The molecule has 0 saturated heterocycles. The van der Waals surface area contributed by atoms with E-state index in [-0.39, 0.29) is 13.0 Å². The van der Waals surface area contributed by atoms with Crippen molar-refractivity contribution in [3.8, 4) is 0 Å². The van der Waals surface area contributed by atoms with Gasteiger partial charge in [0.15, 0.2) is 6.29 Å². The Morgan fingerprint density at radius 1 is 1.00 bits per heavy atom. The van der Waals surface area contributed by atoms with Crippen LogP contribution in [-0.2, 0) is 0 Å². The molecular weight excluding hydrogens is 178 g/mol. The molecular formula is C7H17NO5. The van der Waals surface area contributed by atoms with Crippen LogP contribution in [0.2, 0.25) is 0 Å². The van der Waals surface area contributed by atoms with Crippen molar-refractivity contribution in [2.45, 2.75) is 31.0 Å². The first-order valence-corrected chi connectivity index (χ1v) is 4.04. The van der Waals surface area contributed by atoms with E-state index in [0.717, 1.165) is 0 Å². The minimum Gasteiger partial charge on any atom is -0.390 e. The van der Waals surface area contributed by atoms with Gasteiger partial charge in [0, 0.05) is 13.0 Å². The summed E-state index contributed by atoms with van der Waals surface area (Å²) in [5.41, 5.74) is 0. The molecule has 0 heterocycles. The maximum absolute atomic E-state index is 9.20. The molecule has 0 saturated carbocycles. The molecule has 0 aromatic rings. The summed E-state index contributed by atoms with van der Waals surface area (Å²) >= 11 is 0. The summed E-state index contributed by atoms with van der Waals surface area (Å²) in [6.07, 6.45) is -5.93. The third kappa shape index (κ3) is 5.14. The van der Waals surface area contributed by atoms with E-state index in [1.165, 1.54) is 0 Å². The SMILES string of the molecule is CNC[C@@H](O)[C@H](O)[C@H](O)CC(O)O. The highest BCUT2D eigenvalue weighted by atomic mass is 16.5. The zero-order chi connectivity index (χ0) is 10.4. The smallest absolute Gasteiger partial charge is 0.154 e. The highest BCUT2D eigenvalue weighted by Crippen LogP contribution is 2.05. The lowest BCUT2D eigenvalue weighted by Crippen LogP contribution is -2.43. The van der Waals surface area contributed by atoms with Crippen LogP contribution in [0.1, 0.15) is 6.42 Å². The third-order valence-electron chi connectivity index (χ3n) is 1.65. The van der Waals surface area contributed by atoms with E-state index in [1.54, 1.807) is 7.05 Å². The van der Waals surface area contributed by atoms with Crippen molar-refractivity contribution in [1.82, 2.24) is 5.32 Å². The van der Waals surface area contributed by atoms with Gasteiger partial charge >= 0.3 is 0 Å². The number of aliphatic hydroxyl groups is 5. The first kappa shape index (κ1) is 12.8. The van der Waals surface area contributed by atoms with Crippen LogP contribution < -0.4 is 5.32 Å². The van der Waals surface area contributed by atoms with E-state index in [2.05, 4.69) is 5.32 Å². The van der Waals surface area contributed by atoms with Gasteiger partial charge in [-0.2, -0.15) is 0 Å². The fourth-order valence-corrected chi connectivity index (χ4v) is 0.942. The fraction of sp³-hybridized carbons (Fsp3) is 1.00. The molecule has 3 atom stereocenters. The van der Waals surface area contributed by atoms with E-state index >= 15 is 0 Å². The van der Waals surface area contributed by atoms with E-state index < -0.39 is 24.6 Å². The van der Waals surface area contributed by atoms with Crippen molar-refractivity contribution in [2.75, 3.05) is 13.6 Å². The summed E-state index contributed by atoms with van der Waals surface area (Å²) < 4.78 is 0. The number of nitrogens with one attached hydrogen (secondary N) is 1. The van der Waals surface area contributed by atoms with Crippen LogP contribution in [0, 0.1) is 0 Å². The van der Waals surface area contributed by atoms with Crippen LogP contribution in [0.15, 0.2) is 0 Å². The molecule has 0 aromatic carbocycles. The Bertz CT molecular complexity index is 132. The maximum atomic E-state index is 9.20. The number of hydrogen-bond acceptors (Lipinski definition) is 6. The summed E-state index contributed by atoms with van der Waals surface area (Å²) in [6, 6.07) is 0. The Morgan fingerprint density at radius 3 is 1.92 bits per heavy atom. The van der Waals surface area contributed by atoms with Crippen molar-refractivity contribution in [3.63, 3.8) is 0 Å². The standard InChI is InChI=1S/C7H17NO5/c1-8-3-5(10)7(13)4(9)2-6(11)12/h4-13H,2-3H2,1H3/t4-,5-,7-/m1/s1. The van der Waals surface area contributed by atoms with Gasteiger partial charge in [0.25, 0.3) is 0 Å². The van der Waals surface area contributed by atoms with Gasteiger partial charge < -0.3 is 30.8 Å². The van der Waals surface area contributed by atoms with Crippen molar-refractivity contribution in [1.29, 1.82) is 0 Å². The van der Waals surface area contributed by atoms with Crippen LogP contribution in [-0.4, -0.2) is 63.7 Å². The van der Waals surface area contributed by atoms with Crippen LogP contribution in [0.3, 0.4) is 0 Å². The lowest BCUT2D eigenvalue weighted by atomic mass is 10.1. The minimum absolute atomic E-state index is 0.125. The summed E-state index contributed by atoms with van der Waals surface area (Å²) in [5, 5.41) is 47.0. The highest BCUT2D eigenvalue weighted by molar-refractivity contribution is 4.76. The molecule has 6 N–H and O–H groups in total. The molecule has 0 aliphatic carbocycles. The molecule has 0 spiro atoms. The molecule has 0 radical (unpaired) electrons. The normalized spacial score (nSPS) is 18.7. The Balaban J connectivity index is 3.85.